The molecule has 0 amide bonds. The van der Waals surface area contributed by atoms with Gasteiger partial charge < -0.3 is 10.0 Å². The fourth-order valence-electron chi connectivity index (χ4n) is 1.61. The van der Waals surface area contributed by atoms with Crippen LogP contribution >= 0.6 is 0 Å². The van der Waals surface area contributed by atoms with Crippen LogP contribution in [0.2, 0.25) is 0 Å². The molecule has 5 heteroatoms. The zero-order valence-electron chi connectivity index (χ0n) is 7.73. The lowest BCUT2D eigenvalue weighted by Gasteiger charge is -2.29. The van der Waals surface area contributed by atoms with Crippen LogP contribution in [0.3, 0.4) is 0 Å². The first-order valence-electron chi connectivity index (χ1n) is 4.66. The first kappa shape index (κ1) is 9.33. The SMILES string of the molecule is OC1CCCN(c2ncc(F)cn2)C1. The first-order chi connectivity index (χ1) is 6.75. The largest absolute Gasteiger partial charge is 0.391 e. The molecule has 1 fully saturated rings. The van der Waals surface area contributed by atoms with E-state index in [9.17, 15) is 9.50 Å². The molecule has 14 heavy (non-hydrogen) atoms. The molecule has 0 saturated carbocycles. The van der Waals surface area contributed by atoms with E-state index in [1.54, 1.807) is 0 Å². The van der Waals surface area contributed by atoms with Crippen molar-refractivity contribution in [3.05, 3.63) is 18.2 Å². The predicted molar refractivity (Wildman–Crippen MR) is 49.4 cm³/mol. The van der Waals surface area contributed by atoms with Gasteiger partial charge in [0.25, 0.3) is 0 Å². The molecule has 0 spiro atoms. The number of hydrogen-bond acceptors (Lipinski definition) is 4. The van der Waals surface area contributed by atoms with Gasteiger partial charge in [0.1, 0.15) is 0 Å². The highest BCUT2D eigenvalue weighted by Crippen LogP contribution is 2.15. The number of piperidine rings is 1. The quantitative estimate of drug-likeness (QED) is 0.715. The van der Waals surface area contributed by atoms with Gasteiger partial charge in [0.05, 0.1) is 18.5 Å². The normalized spacial score (nSPS) is 22.4. The Kier molecular flexibility index (Phi) is 2.58. The monoisotopic (exact) mass is 197 g/mol. The molecule has 0 radical (unpaired) electrons. The minimum atomic E-state index is -0.439. The highest BCUT2D eigenvalue weighted by Gasteiger charge is 2.19. The van der Waals surface area contributed by atoms with Crippen LogP contribution in [0, 0.1) is 5.82 Å². The van der Waals surface area contributed by atoms with E-state index >= 15 is 0 Å². The van der Waals surface area contributed by atoms with Crippen LogP contribution in [0.5, 0.6) is 0 Å². The number of β-amino-alcohol motifs (C(OH)–C–C–N with tert-alkyl or cyclic N) is 1. The molecule has 1 aromatic rings. The predicted octanol–water partition coefficient (Wildman–Crippen LogP) is 0.577. The summed E-state index contributed by atoms with van der Waals surface area (Å²) >= 11 is 0. The smallest absolute Gasteiger partial charge is 0.225 e. The van der Waals surface area contributed by atoms with Gasteiger partial charge >= 0.3 is 0 Å². The summed E-state index contributed by atoms with van der Waals surface area (Å²) in [7, 11) is 0. The van der Waals surface area contributed by atoms with Gasteiger partial charge in [0, 0.05) is 13.1 Å². The molecular weight excluding hydrogens is 185 g/mol. The molecular formula is C9H12FN3O. The van der Waals surface area contributed by atoms with E-state index in [4.69, 9.17) is 0 Å². The molecule has 0 aliphatic carbocycles. The Morgan fingerprint density at radius 1 is 1.43 bits per heavy atom. The summed E-state index contributed by atoms with van der Waals surface area (Å²) in [5.74, 6) is 0.0523. The summed E-state index contributed by atoms with van der Waals surface area (Å²) in [6, 6.07) is 0. The van der Waals surface area contributed by atoms with Crippen molar-refractivity contribution in [1.82, 2.24) is 9.97 Å². The van der Waals surface area contributed by atoms with Crippen molar-refractivity contribution < 1.29 is 9.50 Å². The first-order valence-corrected chi connectivity index (χ1v) is 4.66. The molecule has 0 aromatic carbocycles. The number of aliphatic hydroxyl groups excluding tert-OH is 1. The standard InChI is InChI=1S/C9H12FN3O/c10-7-4-11-9(12-5-7)13-3-1-2-8(14)6-13/h4-5,8,14H,1-3,6H2. The van der Waals surface area contributed by atoms with Gasteiger partial charge in [0.15, 0.2) is 5.82 Å². The second-order valence-electron chi connectivity index (χ2n) is 3.44. The van der Waals surface area contributed by atoms with Crippen LogP contribution in [0.15, 0.2) is 12.4 Å². The summed E-state index contributed by atoms with van der Waals surface area (Å²) in [5.41, 5.74) is 0. The fraction of sp³-hybridized carbons (Fsp3) is 0.556. The van der Waals surface area contributed by atoms with E-state index in [0.29, 0.717) is 12.5 Å². The average molecular weight is 197 g/mol. The maximum Gasteiger partial charge on any atom is 0.225 e. The Labute approximate surface area is 81.4 Å². The Balaban J connectivity index is 2.10. The molecule has 1 aromatic heterocycles. The van der Waals surface area contributed by atoms with E-state index in [0.717, 1.165) is 31.8 Å². The minimum absolute atomic E-state index is 0.322. The van der Waals surface area contributed by atoms with Crippen LogP contribution in [0.25, 0.3) is 0 Å². The number of halogens is 1. The molecule has 4 nitrogen and oxygen atoms in total. The van der Waals surface area contributed by atoms with Crippen molar-refractivity contribution in [1.29, 1.82) is 0 Å². The number of hydrogen-bond donors (Lipinski definition) is 1. The molecule has 1 saturated heterocycles. The van der Waals surface area contributed by atoms with E-state index < -0.39 is 5.82 Å². The molecule has 1 atom stereocenters. The van der Waals surface area contributed by atoms with Crippen molar-refractivity contribution in [2.24, 2.45) is 0 Å². The Hall–Kier alpha value is -1.23. The minimum Gasteiger partial charge on any atom is -0.391 e. The maximum atomic E-state index is 12.5. The van der Waals surface area contributed by atoms with Crippen molar-refractivity contribution in [2.75, 3.05) is 18.0 Å². The van der Waals surface area contributed by atoms with Gasteiger partial charge in [0.2, 0.25) is 5.95 Å². The average Bonchev–Trinajstić information content (AvgIpc) is 2.19. The lowest BCUT2D eigenvalue weighted by atomic mass is 10.1. The Morgan fingerprint density at radius 2 is 2.14 bits per heavy atom. The van der Waals surface area contributed by atoms with Crippen LogP contribution in [-0.2, 0) is 0 Å². The van der Waals surface area contributed by atoms with Crippen molar-refractivity contribution in [3.8, 4) is 0 Å². The lowest BCUT2D eigenvalue weighted by Crippen LogP contribution is -2.39. The highest BCUT2D eigenvalue weighted by atomic mass is 19.1. The summed E-state index contributed by atoms with van der Waals surface area (Å²) in [5, 5.41) is 9.42. The van der Waals surface area contributed by atoms with Gasteiger partial charge in [-0.3, -0.25) is 0 Å². The number of anilines is 1. The summed E-state index contributed by atoms with van der Waals surface area (Å²) in [6.07, 6.45) is 3.70. The molecule has 1 aliphatic heterocycles. The molecule has 76 valence electrons. The molecule has 1 aliphatic rings. The van der Waals surface area contributed by atoms with Crippen LogP contribution in [-0.4, -0.2) is 34.3 Å². The van der Waals surface area contributed by atoms with E-state index in [-0.39, 0.29) is 6.10 Å². The van der Waals surface area contributed by atoms with Crippen LogP contribution < -0.4 is 4.90 Å². The molecule has 2 rings (SSSR count). The van der Waals surface area contributed by atoms with Crippen molar-refractivity contribution in [2.45, 2.75) is 18.9 Å². The fourth-order valence-corrected chi connectivity index (χ4v) is 1.61. The number of rotatable bonds is 1. The van der Waals surface area contributed by atoms with Gasteiger partial charge in [-0.2, -0.15) is 0 Å². The Bertz CT molecular complexity index is 303. The molecule has 1 unspecified atom stereocenters. The van der Waals surface area contributed by atoms with Gasteiger partial charge in [-0.1, -0.05) is 0 Å². The van der Waals surface area contributed by atoms with Gasteiger partial charge in [-0.25, -0.2) is 14.4 Å². The second kappa shape index (κ2) is 3.88. The van der Waals surface area contributed by atoms with Crippen LogP contribution in [0.4, 0.5) is 10.3 Å². The van der Waals surface area contributed by atoms with Gasteiger partial charge in [-0.05, 0) is 12.8 Å². The second-order valence-corrected chi connectivity index (χ2v) is 3.44. The number of aliphatic hydroxyl groups is 1. The molecule has 0 bridgehead atoms. The van der Waals surface area contributed by atoms with E-state index in [1.807, 2.05) is 4.90 Å². The van der Waals surface area contributed by atoms with E-state index in [1.165, 1.54) is 0 Å². The van der Waals surface area contributed by atoms with Crippen molar-refractivity contribution >= 4 is 5.95 Å². The summed E-state index contributed by atoms with van der Waals surface area (Å²) in [6.45, 7) is 1.36. The summed E-state index contributed by atoms with van der Waals surface area (Å²) in [4.78, 5) is 9.60. The number of aromatic nitrogens is 2. The third kappa shape index (κ3) is 1.98. The van der Waals surface area contributed by atoms with Crippen molar-refractivity contribution in [3.63, 3.8) is 0 Å². The highest BCUT2D eigenvalue weighted by molar-refractivity contribution is 5.29. The molecule has 2 heterocycles. The zero-order chi connectivity index (χ0) is 9.97. The lowest BCUT2D eigenvalue weighted by molar-refractivity contribution is 0.153. The topological polar surface area (TPSA) is 49.2 Å². The maximum absolute atomic E-state index is 12.5. The van der Waals surface area contributed by atoms with Gasteiger partial charge in [-0.15, -0.1) is 0 Å². The van der Waals surface area contributed by atoms with E-state index in [2.05, 4.69) is 9.97 Å². The third-order valence-electron chi connectivity index (χ3n) is 2.29. The Morgan fingerprint density at radius 3 is 2.79 bits per heavy atom. The summed E-state index contributed by atoms with van der Waals surface area (Å²) < 4.78 is 12.5. The number of nitrogens with zero attached hydrogens (tertiary/aromatic N) is 3. The zero-order valence-corrected chi connectivity index (χ0v) is 7.73. The van der Waals surface area contributed by atoms with Crippen LogP contribution in [0.1, 0.15) is 12.8 Å². The third-order valence-corrected chi connectivity index (χ3v) is 2.29. The molecule has 1 N–H and O–H groups in total.